The molecule has 104 valence electrons. The summed E-state index contributed by atoms with van der Waals surface area (Å²) in [5.41, 5.74) is -0.162. The van der Waals surface area contributed by atoms with Crippen LogP contribution in [-0.2, 0) is 6.54 Å². The number of rotatable bonds is 5. The Labute approximate surface area is 110 Å². The van der Waals surface area contributed by atoms with Gasteiger partial charge in [-0.25, -0.2) is 4.39 Å². The lowest BCUT2D eigenvalue weighted by atomic mass is 9.98. The van der Waals surface area contributed by atoms with E-state index in [1.807, 2.05) is 0 Å². The van der Waals surface area contributed by atoms with Crippen LogP contribution in [-0.4, -0.2) is 22.2 Å². The number of halogens is 1. The first-order chi connectivity index (χ1) is 9.06. The summed E-state index contributed by atoms with van der Waals surface area (Å²) in [6, 6.07) is 3.43. The third kappa shape index (κ3) is 3.08. The SMILES string of the molecule is O=[N+]([O-])c1ccc(F)cc1CNC1(CO)CCCC1. The fourth-order valence-electron chi connectivity index (χ4n) is 2.60. The van der Waals surface area contributed by atoms with Gasteiger partial charge in [-0.3, -0.25) is 10.1 Å². The van der Waals surface area contributed by atoms with Gasteiger partial charge in [0.05, 0.1) is 11.5 Å². The van der Waals surface area contributed by atoms with Crippen LogP contribution in [0.3, 0.4) is 0 Å². The van der Waals surface area contributed by atoms with Crippen LogP contribution in [0, 0.1) is 15.9 Å². The summed E-state index contributed by atoms with van der Waals surface area (Å²) < 4.78 is 13.2. The molecule has 1 aliphatic carbocycles. The van der Waals surface area contributed by atoms with Crippen molar-refractivity contribution < 1.29 is 14.4 Å². The fourth-order valence-corrected chi connectivity index (χ4v) is 2.60. The Hall–Kier alpha value is -1.53. The predicted octanol–water partition coefficient (Wildman–Crippen LogP) is 2.13. The second kappa shape index (κ2) is 5.63. The number of nitro groups is 1. The largest absolute Gasteiger partial charge is 0.394 e. The van der Waals surface area contributed by atoms with Crippen molar-refractivity contribution in [1.82, 2.24) is 5.32 Å². The summed E-state index contributed by atoms with van der Waals surface area (Å²) in [7, 11) is 0. The highest BCUT2D eigenvalue weighted by atomic mass is 19.1. The molecule has 0 aromatic heterocycles. The molecule has 1 fully saturated rings. The Morgan fingerprint density at radius 2 is 2.11 bits per heavy atom. The molecule has 0 aliphatic heterocycles. The Morgan fingerprint density at radius 3 is 2.68 bits per heavy atom. The topological polar surface area (TPSA) is 75.4 Å². The number of hydrogen-bond acceptors (Lipinski definition) is 4. The van der Waals surface area contributed by atoms with Gasteiger partial charge >= 0.3 is 0 Å². The third-order valence-electron chi connectivity index (χ3n) is 3.76. The van der Waals surface area contributed by atoms with Crippen LogP contribution in [0.4, 0.5) is 10.1 Å². The van der Waals surface area contributed by atoms with Crippen LogP contribution in [0.5, 0.6) is 0 Å². The molecule has 19 heavy (non-hydrogen) atoms. The Balaban J connectivity index is 2.14. The maximum atomic E-state index is 13.2. The molecule has 5 nitrogen and oxygen atoms in total. The molecule has 2 rings (SSSR count). The van der Waals surface area contributed by atoms with E-state index in [9.17, 15) is 19.6 Å². The molecular formula is C13H17FN2O3. The minimum absolute atomic E-state index is 0.00386. The Bertz CT molecular complexity index is 473. The second-order valence-corrected chi connectivity index (χ2v) is 5.03. The molecule has 0 radical (unpaired) electrons. The van der Waals surface area contributed by atoms with Crippen molar-refractivity contribution in [3.05, 3.63) is 39.7 Å². The Morgan fingerprint density at radius 1 is 1.42 bits per heavy atom. The Kier molecular flexibility index (Phi) is 4.11. The smallest absolute Gasteiger partial charge is 0.274 e. The molecule has 0 spiro atoms. The zero-order valence-electron chi connectivity index (χ0n) is 10.6. The molecule has 1 aliphatic rings. The molecule has 2 N–H and O–H groups in total. The summed E-state index contributed by atoms with van der Waals surface area (Å²) in [6.07, 6.45) is 3.73. The summed E-state index contributed by atoms with van der Waals surface area (Å²) in [6.45, 7) is 0.185. The van der Waals surface area contributed by atoms with E-state index in [1.54, 1.807) is 0 Å². The number of benzene rings is 1. The second-order valence-electron chi connectivity index (χ2n) is 5.03. The van der Waals surface area contributed by atoms with Gasteiger partial charge in [-0.15, -0.1) is 0 Å². The molecule has 0 bridgehead atoms. The molecule has 6 heteroatoms. The molecule has 0 heterocycles. The number of nitrogens with zero attached hydrogens (tertiary/aromatic N) is 1. The maximum Gasteiger partial charge on any atom is 0.274 e. The molecule has 0 atom stereocenters. The minimum Gasteiger partial charge on any atom is -0.394 e. The summed E-state index contributed by atoms with van der Waals surface area (Å²) in [5, 5.41) is 23.5. The van der Waals surface area contributed by atoms with Gasteiger partial charge in [0.25, 0.3) is 5.69 Å². The van der Waals surface area contributed by atoms with Gasteiger partial charge in [0.15, 0.2) is 0 Å². The van der Waals surface area contributed by atoms with Crippen LogP contribution in [0.2, 0.25) is 0 Å². The van der Waals surface area contributed by atoms with Crippen molar-refractivity contribution in [2.24, 2.45) is 0 Å². The quantitative estimate of drug-likeness (QED) is 0.633. The molecule has 0 saturated heterocycles. The van der Waals surface area contributed by atoms with Crippen LogP contribution < -0.4 is 5.32 Å². The average molecular weight is 268 g/mol. The van der Waals surface area contributed by atoms with Gasteiger partial charge in [0.1, 0.15) is 5.82 Å². The normalized spacial score (nSPS) is 17.6. The van der Waals surface area contributed by atoms with E-state index in [4.69, 9.17) is 0 Å². The highest BCUT2D eigenvalue weighted by Crippen LogP contribution is 2.30. The highest BCUT2D eigenvalue weighted by Gasteiger charge is 2.33. The van der Waals surface area contributed by atoms with E-state index in [1.165, 1.54) is 12.1 Å². The van der Waals surface area contributed by atoms with E-state index in [2.05, 4.69) is 5.32 Å². The standard InChI is InChI=1S/C13H17FN2O3/c14-11-3-4-12(16(18)19)10(7-11)8-15-13(9-17)5-1-2-6-13/h3-4,7,15,17H,1-2,5-6,8-9H2. The van der Waals surface area contributed by atoms with Crippen LogP contribution in [0.25, 0.3) is 0 Å². The number of aliphatic hydroxyl groups excluding tert-OH is 1. The zero-order valence-corrected chi connectivity index (χ0v) is 10.6. The molecule has 0 unspecified atom stereocenters. The van der Waals surface area contributed by atoms with Crippen LogP contribution in [0.1, 0.15) is 31.2 Å². The van der Waals surface area contributed by atoms with Crippen molar-refractivity contribution in [2.75, 3.05) is 6.61 Å². The van der Waals surface area contributed by atoms with E-state index >= 15 is 0 Å². The van der Waals surface area contributed by atoms with Gasteiger partial charge in [-0.1, -0.05) is 12.8 Å². The summed E-state index contributed by atoms with van der Waals surface area (Å²) >= 11 is 0. The first kappa shape index (κ1) is 13.9. The molecule has 1 saturated carbocycles. The predicted molar refractivity (Wildman–Crippen MR) is 68.2 cm³/mol. The first-order valence-corrected chi connectivity index (χ1v) is 6.35. The first-order valence-electron chi connectivity index (χ1n) is 6.35. The van der Waals surface area contributed by atoms with Gasteiger partial charge in [-0.05, 0) is 25.0 Å². The zero-order chi connectivity index (χ0) is 13.9. The summed E-state index contributed by atoms with van der Waals surface area (Å²) in [5.74, 6) is -0.494. The number of aliphatic hydroxyl groups is 1. The lowest BCUT2D eigenvalue weighted by Gasteiger charge is -2.28. The number of hydrogen-bond donors (Lipinski definition) is 2. The van der Waals surface area contributed by atoms with Crippen molar-refractivity contribution in [2.45, 2.75) is 37.8 Å². The van der Waals surface area contributed by atoms with E-state index < -0.39 is 10.7 Å². The lowest BCUT2D eigenvalue weighted by Crippen LogP contribution is -2.45. The van der Waals surface area contributed by atoms with E-state index in [0.717, 1.165) is 31.7 Å². The maximum absolute atomic E-state index is 13.2. The molecule has 0 amide bonds. The highest BCUT2D eigenvalue weighted by molar-refractivity contribution is 5.40. The van der Waals surface area contributed by atoms with Crippen LogP contribution >= 0.6 is 0 Å². The number of nitrogens with one attached hydrogen (secondary N) is 1. The lowest BCUT2D eigenvalue weighted by molar-refractivity contribution is -0.385. The van der Waals surface area contributed by atoms with Crippen molar-refractivity contribution in [3.8, 4) is 0 Å². The van der Waals surface area contributed by atoms with Gasteiger partial charge < -0.3 is 10.4 Å². The third-order valence-corrected chi connectivity index (χ3v) is 3.76. The van der Waals surface area contributed by atoms with Gasteiger partial charge in [0.2, 0.25) is 0 Å². The number of nitro benzene ring substituents is 1. The molecular weight excluding hydrogens is 251 g/mol. The fraction of sp³-hybridized carbons (Fsp3) is 0.538. The van der Waals surface area contributed by atoms with Crippen LogP contribution in [0.15, 0.2) is 18.2 Å². The van der Waals surface area contributed by atoms with E-state index in [-0.39, 0.29) is 24.4 Å². The molecule has 1 aromatic rings. The minimum atomic E-state index is -0.517. The summed E-state index contributed by atoms with van der Waals surface area (Å²) in [4.78, 5) is 10.4. The van der Waals surface area contributed by atoms with Crippen molar-refractivity contribution >= 4 is 5.69 Å². The monoisotopic (exact) mass is 268 g/mol. The average Bonchev–Trinajstić information content (AvgIpc) is 2.85. The van der Waals surface area contributed by atoms with Crippen molar-refractivity contribution in [3.63, 3.8) is 0 Å². The van der Waals surface area contributed by atoms with Gasteiger partial charge in [0, 0.05) is 23.7 Å². The van der Waals surface area contributed by atoms with Crippen molar-refractivity contribution in [1.29, 1.82) is 0 Å². The van der Waals surface area contributed by atoms with E-state index in [0.29, 0.717) is 5.56 Å². The molecule has 1 aromatic carbocycles. The van der Waals surface area contributed by atoms with Gasteiger partial charge in [-0.2, -0.15) is 0 Å².